The van der Waals surface area contributed by atoms with Crippen LogP contribution in [0.25, 0.3) is 0 Å². The third kappa shape index (κ3) is 3.97. The number of hydrogen-bond donors (Lipinski definition) is 1. The number of nitrogens with one attached hydrogen (secondary N) is 1. The van der Waals surface area contributed by atoms with Crippen LogP contribution in [0.4, 0.5) is 8.78 Å². The maximum Gasteiger partial charge on any atom is 0.323 e. The molecule has 0 bridgehead atoms. The van der Waals surface area contributed by atoms with Crippen LogP contribution < -0.4 is 4.72 Å². The third-order valence-corrected chi connectivity index (χ3v) is 3.71. The van der Waals surface area contributed by atoms with Crippen molar-refractivity contribution in [3.8, 4) is 0 Å². The summed E-state index contributed by atoms with van der Waals surface area (Å²) in [6.45, 7) is 2.97. The van der Waals surface area contributed by atoms with E-state index in [0.717, 1.165) is 6.07 Å². The number of esters is 1. The van der Waals surface area contributed by atoms with Crippen molar-refractivity contribution in [1.29, 1.82) is 0 Å². The fraction of sp³-hybridized carbons (Fsp3) is 0.364. The number of hydrogen-bond acceptors (Lipinski definition) is 4. The van der Waals surface area contributed by atoms with E-state index < -0.39 is 38.6 Å². The second-order valence-corrected chi connectivity index (χ2v) is 5.38. The van der Waals surface area contributed by atoms with Gasteiger partial charge in [-0.25, -0.2) is 17.2 Å². The number of sulfonamides is 1. The summed E-state index contributed by atoms with van der Waals surface area (Å²) in [5.41, 5.74) is 0. The molecule has 1 unspecified atom stereocenters. The summed E-state index contributed by atoms with van der Waals surface area (Å²) in [7, 11) is -4.12. The second kappa shape index (κ2) is 6.07. The van der Waals surface area contributed by atoms with E-state index in [2.05, 4.69) is 4.74 Å². The van der Waals surface area contributed by atoms with E-state index in [-0.39, 0.29) is 6.61 Å². The van der Waals surface area contributed by atoms with Crippen molar-refractivity contribution in [2.45, 2.75) is 24.8 Å². The van der Waals surface area contributed by atoms with Gasteiger partial charge in [0.25, 0.3) is 0 Å². The van der Waals surface area contributed by atoms with Gasteiger partial charge in [-0.15, -0.1) is 0 Å². The van der Waals surface area contributed by atoms with Crippen LogP contribution in [0.3, 0.4) is 0 Å². The average Bonchev–Trinajstić information content (AvgIpc) is 2.32. The number of halogens is 2. The van der Waals surface area contributed by atoms with E-state index in [0.29, 0.717) is 12.1 Å². The van der Waals surface area contributed by atoms with Crippen molar-refractivity contribution in [3.05, 3.63) is 29.8 Å². The van der Waals surface area contributed by atoms with Crippen LogP contribution >= 0.6 is 0 Å². The van der Waals surface area contributed by atoms with Gasteiger partial charge in [-0.2, -0.15) is 4.72 Å². The van der Waals surface area contributed by atoms with E-state index in [1.54, 1.807) is 6.92 Å². The average molecular weight is 293 g/mol. The summed E-state index contributed by atoms with van der Waals surface area (Å²) in [5, 5.41) is 0. The molecule has 0 aliphatic carbocycles. The largest absolute Gasteiger partial charge is 0.465 e. The Morgan fingerprint density at radius 1 is 1.37 bits per heavy atom. The van der Waals surface area contributed by atoms with Crippen molar-refractivity contribution >= 4 is 16.0 Å². The van der Waals surface area contributed by atoms with Gasteiger partial charge in [0.15, 0.2) is 11.6 Å². The third-order valence-electron chi connectivity index (χ3n) is 2.17. The quantitative estimate of drug-likeness (QED) is 0.828. The molecule has 0 aromatic heterocycles. The smallest absolute Gasteiger partial charge is 0.323 e. The van der Waals surface area contributed by atoms with E-state index >= 15 is 0 Å². The van der Waals surface area contributed by atoms with Crippen LogP contribution in [0, 0.1) is 11.6 Å². The molecule has 8 heteroatoms. The lowest BCUT2D eigenvalue weighted by molar-refractivity contribution is -0.144. The van der Waals surface area contributed by atoms with Crippen LogP contribution in [0.5, 0.6) is 0 Å². The summed E-state index contributed by atoms with van der Waals surface area (Å²) in [4.78, 5) is 10.8. The predicted octanol–water partition coefficient (Wildman–Crippen LogP) is 1.19. The first-order chi connectivity index (χ1) is 8.77. The zero-order valence-electron chi connectivity index (χ0n) is 10.3. The van der Waals surface area contributed by atoms with Crippen molar-refractivity contribution in [1.82, 2.24) is 4.72 Å². The van der Waals surface area contributed by atoms with Crippen LogP contribution in [-0.2, 0) is 19.6 Å². The summed E-state index contributed by atoms with van der Waals surface area (Å²) in [6.07, 6.45) is 0. The Balaban J connectivity index is 2.92. The molecule has 0 spiro atoms. The van der Waals surface area contributed by atoms with Gasteiger partial charge in [0.05, 0.1) is 11.5 Å². The van der Waals surface area contributed by atoms with Crippen molar-refractivity contribution in [2.24, 2.45) is 0 Å². The SMILES string of the molecule is CCOC(=O)C(C)NS(=O)(=O)c1ccc(F)c(F)c1. The van der Waals surface area contributed by atoms with Crippen LogP contribution in [-0.4, -0.2) is 27.0 Å². The first kappa shape index (κ1) is 15.5. The monoisotopic (exact) mass is 293 g/mol. The summed E-state index contributed by atoms with van der Waals surface area (Å²) in [6, 6.07) is 1.01. The molecule has 0 heterocycles. The second-order valence-electron chi connectivity index (χ2n) is 3.67. The van der Waals surface area contributed by atoms with E-state index in [4.69, 9.17) is 0 Å². The summed E-state index contributed by atoms with van der Waals surface area (Å²) >= 11 is 0. The van der Waals surface area contributed by atoms with E-state index in [1.807, 2.05) is 4.72 Å². The highest BCUT2D eigenvalue weighted by molar-refractivity contribution is 7.89. The molecular weight excluding hydrogens is 280 g/mol. The molecule has 1 N–H and O–H groups in total. The Bertz CT molecular complexity index is 574. The molecule has 106 valence electrons. The van der Waals surface area contributed by atoms with Crippen LogP contribution in [0.15, 0.2) is 23.1 Å². The van der Waals surface area contributed by atoms with Gasteiger partial charge in [-0.1, -0.05) is 0 Å². The molecule has 0 radical (unpaired) electrons. The van der Waals surface area contributed by atoms with E-state index in [9.17, 15) is 22.0 Å². The molecule has 1 aromatic rings. The Labute approximate surface area is 109 Å². The Morgan fingerprint density at radius 2 is 2.00 bits per heavy atom. The van der Waals surface area contributed by atoms with Crippen molar-refractivity contribution in [3.63, 3.8) is 0 Å². The Morgan fingerprint density at radius 3 is 2.53 bits per heavy atom. The minimum absolute atomic E-state index is 0.107. The van der Waals surface area contributed by atoms with Crippen molar-refractivity contribution < 1.29 is 26.7 Å². The molecule has 1 rings (SSSR count). The number of carbonyl (C=O) groups excluding carboxylic acids is 1. The lowest BCUT2D eigenvalue weighted by Crippen LogP contribution is -2.39. The molecule has 0 saturated heterocycles. The van der Waals surface area contributed by atoms with E-state index in [1.165, 1.54) is 6.92 Å². The first-order valence-corrected chi connectivity index (χ1v) is 6.90. The highest BCUT2D eigenvalue weighted by Crippen LogP contribution is 2.14. The molecule has 0 aliphatic heterocycles. The molecule has 19 heavy (non-hydrogen) atoms. The zero-order valence-corrected chi connectivity index (χ0v) is 11.1. The zero-order chi connectivity index (χ0) is 14.6. The molecule has 0 fully saturated rings. The van der Waals surface area contributed by atoms with Crippen molar-refractivity contribution in [2.75, 3.05) is 6.61 Å². The van der Waals surface area contributed by atoms with Gasteiger partial charge in [-0.05, 0) is 32.0 Å². The number of rotatable bonds is 5. The maximum absolute atomic E-state index is 13.0. The molecular formula is C11H13F2NO4S. The fourth-order valence-corrected chi connectivity index (χ4v) is 2.46. The topological polar surface area (TPSA) is 72.5 Å². The highest BCUT2D eigenvalue weighted by atomic mass is 32.2. The van der Waals surface area contributed by atoms with Crippen LogP contribution in [0.2, 0.25) is 0 Å². The minimum atomic E-state index is -4.12. The van der Waals surface area contributed by atoms with Gasteiger partial charge in [0, 0.05) is 0 Å². The molecule has 1 aromatic carbocycles. The van der Waals surface area contributed by atoms with Gasteiger partial charge in [0.2, 0.25) is 10.0 Å². The normalized spacial score (nSPS) is 13.1. The van der Waals surface area contributed by atoms with Crippen LogP contribution in [0.1, 0.15) is 13.8 Å². The number of ether oxygens (including phenoxy) is 1. The number of benzene rings is 1. The van der Waals surface area contributed by atoms with Gasteiger partial charge in [0.1, 0.15) is 6.04 Å². The molecule has 5 nitrogen and oxygen atoms in total. The number of carbonyl (C=O) groups is 1. The lowest BCUT2D eigenvalue weighted by atomic mass is 10.3. The van der Waals surface area contributed by atoms with Gasteiger partial charge in [-0.3, -0.25) is 4.79 Å². The molecule has 0 saturated carbocycles. The predicted molar refractivity (Wildman–Crippen MR) is 62.8 cm³/mol. The highest BCUT2D eigenvalue weighted by Gasteiger charge is 2.23. The lowest BCUT2D eigenvalue weighted by Gasteiger charge is -2.13. The molecule has 0 aliphatic rings. The van der Waals surface area contributed by atoms with Gasteiger partial charge < -0.3 is 4.74 Å². The molecule has 1 atom stereocenters. The summed E-state index contributed by atoms with van der Waals surface area (Å²) in [5.74, 6) is -3.20. The summed E-state index contributed by atoms with van der Waals surface area (Å²) < 4.78 is 55.9. The van der Waals surface area contributed by atoms with Gasteiger partial charge >= 0.3 is 5.97 Å². The Hall–Kier alpha value is -1.54. The minimum Gasteiger partial charge on any atom is -0.465 e. The first-order valence-electron chi connectivity index (χ1n) is 5.42. The Kier molecular flexibility index (Phi) is 4.96. The maximum atomic E-state index is 13.0. The fourth-order valence-electron chi connectivity index (χ4n) is 1.26. The molecule has 0 amide bonds. The standard InChI is InChI=1S/C11H13F2NO4S/c1-3-18-11(15)7(2)14-19(16,17)8-4-5-9(12)10(13)6-8/h4-7,14H,3H2,1-2H3.